The fraction of sp³-hybridized carbons (Fsp3) is 0.0952. The van der Waals surface area contributed by atoms with Crippen molar-refractivity contribution in [3.8, 4) is 11.5 Å². The van der Waals surface area contributed by atoms with Crippen molar-refractivity contribution in [3.63, 3.8) is 0 Å². The normalized spacial score (nSPS) is 10.7. The van der Waals surface area contributed by atoms with Crippen molar-refractivity contribution in [2.24, 2.45) is 5.10 Å². The van der Waals surface area contributed by atoms with Crippen molar-refractivity contribution in [1.29, 1.82) is 0 Å². The molecule has 0 atom stereocenters. The smallest absolute Gasteiger partial charge is 0.353 e. The average Bonchev–Trinajstić information content (AvgIpc) is 3.25. The van der Waals surface area contributed by atoms with Gasteiger partial charge in [0.2, 0.25) is 0 Å². The minimum absolute atomic E-state index is 0.313. The van der Waals surface area contributed by atoms with Crippen LogP contribution >= 0.6 is 22.9 Å². The van der Waals surface area contributed by atoms with Crippen molar-refractivity contribution in [2.75, 3.05) is 6.61 Å². The van der Waals surface area contributed by atoms with Crippen LogP contribution in [-0.4, -0.2) is 24.7 Å². The molecule has 1 N–H and O–H groups in total. The van der Waals surface area contributed by atoms with E-state index in [2.05, 4.69) is 10.5 Å². The summed E-state index contributed by atoms with van der Waals surface area (Å²) in [4.78, 5) is 24.7. The molecule has 0 saturated heterocycles. The lowest BCUT2D eigenvalue weighted by Crippen LogP contribution is -2.17. The number of hydrogen-bond donors (Lipinski definition) is 1. The van der Waals surface area contributed by atoms with Crippen LogP contribution in [-0.2, 0) is 0 Å². The molecular formula is C21H17ClN2O4S. The first-order chi connectivity index (χ1) is 14.1. The van der Waals surface area contributed by atoms with E-state index in [1.807, 2.05) is 6.92 Å². The van der Waals surface area contributed by atoms with Gasteiger partial charge in [-0.15, -0.1) is 11.3 Å². The van der Waals surface area contributed by atoms with Crippen LogP contribution in [0.1, 0.15) is 32.5 Å². The van der Waals surface area contributed by atoms with Gasteiger partial charge in [-0.25, -0.2) is 10.2 Å². The first-order valence-corrected chi connectivity index (χ1v) is 9.94. The van der Waals surface area contributed by atoms with Gasteiger partial charge >= 0.3 is 5.97 Å². The van der Waals surface area contributed by atoms with Crippen LogP contribution in [0.3, 0.4) is 0 Å². The number of nitrogens with zero attached hydrogens (tertiary/aromatic N) is 1. The predicted octanol–water partition coefficient (Wildman–Crippen LogP) is 4.78. The fourth-order valence-corrected chi connectivity index (χ4v) is 3.06. The van der Waals surface area contributed by atoms with E-state index < -0.39 is 5.97 Å². The highest BCUT2D eigenvalue weighted by molar-refractivity contribution is 7.12. The summed E-state index contributed by atoms with van der Waals surface area (Å²) in [5.41, 5.74) is 3.56. The summed E-state index contributed by atoms with van der Waals surface area (Å²) >= 11 is 7.11. The van der Waals surface area contributed by atoms with Gasteiger partial charge in [-0.05, 0) is 66.4 Å². The summed E-state index contributed by atoms with van der Waals surface area (Å²) in [5, 5.41) is 6.31. The van der Waals surface area contributed by atoms with Gasteiger partial charge in [0.25, 0.3) is 5.91 Å². The Labute approximate surface area is 176 Å². The molecule has 0 aliphatic heterocycles. The number of halogens is 1. The molecule has 3 rings (SSSR count). The summed E-state index contributed by atoms with van der Waals surface area (Å²) in [6.07, 6.45) is 1.47. The molecule has 0 aliphatic rings. The molecule has 1 heterocycles. The van der Waals surface area contributed by atoms with Crippen LogP contribution in [0.4, 0.5) is 0 Å². The molecule has 3 aromatic rings. The number of carbonyl (C=O) groups excluding carboxylic acids is 2. The van der Waals surface area contributed by atoms with E-state index in [1.165, 1.54) is 17.6 Å². The standard InChI is InChI=1S/C21H17ClN2O4S/c1-2-27-18-12-14(5-10-17(18)28-21(26)19-4-3-11-29-19)13-23-24-20(25)15-6-8-16(22)9-7-15/h3-13H,2H2,1H3,(H,24,25)/b23-13+. The molecule has 0 fully saturated rings. The van der Waals surface area contributed by atoms with Crippen LogP contribution in [0.2, 0.25) is 5.02 Å². The Morgan fingerprint density at radius 3 is 2.62 bits per heavy atom. The molecule has 6 nitrogen and oxygen atoms in total. The summed E-state index contributed by atoms with van der Waals surface area (Å²) < 4.78 is 11.0. The molecule has 1 amide bonds. The molecule has 29 heavy (non-hydrogen) atoms. The zero-order chi connectivity index (χ0) is 20.6. The molecule has 2 aromatic carbocycles. The Kier molecular flexibility index (Phi) is 6.99. The highest BCUT2D eigenvalue weighted by Gasteiger charge is 2.14. The Balaban J connectivity index is 1.68. The Bertz CT molecular complexity index is 1020. The van der Waals surface area contributed by atoms with Crippen LogP contribution in [0.25, 0.3) is 0 Å². The average molecular weight is 429 g/mol. The van der Waals surface area contributed by atoms with Gasteiger partial charge in [0.1, 0.15) is 4.88 Å². The molecule has 8 heteroatoms. The summed E-state index contributed by atoms with van der Waals surface area (Å²) in [6.45, 7) is 2.23. The highest BCUT2D eigenvalue weighted by Crippen LogP contribution is 2.29. The Morgan fingerprint density at radius 2 is 1.93 bits per heavy atom. The number of ether oxygens (including phenoxy) is 2. The van der Waals surface area contributed by atoms with Crippen molar-refractivity contribution in [2.45, 2.75) is 6.92 Å². The number of esters is 1. The molecule has 0 bridgehead atoms. The van der Waals surface area contributed by atoms with E-state index in [9.17, 15) is 9.59 Å². The van der Waals surface area contributed by atoms with Gasteiger partial charge in [-0.3, -0.25) is 4.79 Å². The number of hydrazone groups is 1. The van der Waals surface area contributed by atoms with Gasteiger partial charge in [-0.1, -0.05) is 17.7 Å². The van der Waals surface area contributed by atoms with Crippen molar-refractivity contribution in [1.82, 2.24) is 5.43 Å². The van der Waals surface area contributed by atoms with Gasteiger partial charge < -0.3 is 9.47 Å². The lowest BCUT2D eigenvalue weighted by molar-refractivity contribution is 0.0733. The maximum absolute atomic E-state index is 12.2. The van der Waals surface area contributed by atoms with E-state index in [0.717, 1.165) is 0 Å². The predicted molar refractivity (Wildman–Crippen MR) is 113 cm³/mol. The Hall–Kier alpha value is -3.16. The molecular weight excluding hydrogens is 412 g/mol. The number of nitrogens with one attached hydrogen (secondary N) is 1. The lowest BCUT2D eigenvalue weighted by Gasteiger charge is -2.10. The van der Waals surface area contributed by atoms with Crippen LogP contribution in [0.5, 0.6) is 11.5 Å². The number of rotatable bonds is 7. The molecule has 0 radical (unpaired) electrons. The summed E-state index contributed by atoms with van der Waals surface area (Å²) in [7, 11) is 0. The minimum Gasteiger partial charge on any atom is -0.490 e. The number of thiophene rings is 1. The zero-order valence-corrected chi connectivity index (χ0v) is 17.0. The second kappa shape index (κ2) is 9.86. The monoisotopic (exact) mass is 428 g/mol. The molecule has 0 unspecified atom stereocenters. The van der Waals surface area contributed by atoms with Crippen molar-refractivity contribution >= 4 is 41.0 Å². The van der Waals surface area contributed by atoms with Gasteiger partial charge in [0.15, 0.2) is 11.5 Å². The van der Waals surface area contributed by atoms with Gasteiger partial charge in [0.05, 0.1) is 12.8 Å². The second-order valence-corrected chi connectivity index (χ2v) is 7.10. The zero-order valence-electron chi connectivity index (χ0n) is 15.4. The van der Waals surface area contributed by atoms with Gasteiger partial charge in [0, 0.05) is 10.6 Å². The van der Waals surface area contributed by atoms with E-state index in [4.69, 9.17) is 21.1 Å². The highest BCUT2D eigenvalue weighted by atomic mass is 35.5. The van der Waals surface area contributed by atoms with Gasteiger partial charge in [-0.2, -0.15) is 5.10 Å². The third-order valence-electron chi connectivity index (χ3n) is 3.68. The maximum atomic E-state index is 12.2. The number of benzene rings is 2. The van der Waals surface area contributed by atoms with E-state index in [1.54, 1.807) is 60.0 Å². The third kappa shape index (κ3) is 5.66. The first-order valence-electron chi connectivity index (χ1n) is 8.68. The number of hydrogen-bond acceptors (Lipinski definition) is 6. The second-order valence-electron chi connectivity index (χ2n) is 5.71. The molecule has 0 saturated carbocycles. The molecule has 0 aliphatic carbocycles. The third-order valence-corrected chi connectivity index (χ3v) is 4.78. The first kappa shape index (κ1) is 20.6. The van der Waals surface area contributed by atoms with E-state index in [-0.39, 0.29) is 5.91 Å². The van der Waals surface area contributed by atoms with Crippen LogP contribution in [0.15, 0.2) is 65.1 Å². The fourth-order valence-electron chi connectivity index (χ4n) is 2.33. The molecule has 148 valence electrons. The minimum atomic E-state index is -0.447. The van der Waals surface area contributed by atoms with E-state index in [0.29, 0.717) is 39.1 Å². The SMILES string of the molecule is CCOc1cc(/C=N/NC(=O)c2ccc(Cl)cc2)ccc1OC(=O)c1cccs1. The largest absolute Gasteiger partial charge is 0.490 e. The number of amides is 1. The number of carbonyl (C=O) groups is 2. The quantitative estimate of drug-likeness (QED) is 0.254. The van der Waals surface area contributed by atoms with Crippen LogP contribution in [0, 0.1) is 0 Å². The topological polar surface area (TPSA) is 77.0 Å². The summed E-state index contributed by atoms with van der Waals surface area (Å²) in [6, 6.07) is 15.0. The molecule has 1 aromatic heterocycles. The van der Waals surface area contributed by atoms with E-state index >= 15 is 0 Å². The summed E-state index contributed by atoms with van der Waals surface area (Å²) in [5.74, 6) is -0.0833. The van der Waals surface area contributed by atoms with Crippen molar-refractivity contribution < 1.29 is 19.1 Å². The molecule has 0 spiro atoms. The maximum Gasteiger partial charge on any atom is 0.353 e. The van der Waals surface area contributed by atoms with Crippen LogP contribution < -0.4 is 14.9 Å². The van der Waals surface area contributed by atoms with Crippen molar-refractivity contribution in [3.05, 3.63) is 81.0 Å². The Morgan fingerprint density at radius 1 is 1.14 bits per heavy atom. The lowest BCUT2D eigenvalue weighted by atomic mass is 10.2.